The summed E-state index contributed by atoms with van der Waals surface area (Å²) in [5, 5.41) is 8.78. The van der Waals surface area contributed by atoms with E-state index in [-0.39, 0.29) is 19.0 Å². The Kier molecular flexibility index (Phi) is 6.12. The Labute approximate surface area is 91.4 Å². The molecule has 0 aromatic carbocycles. The maximum absolute atomic E-state index is 8.78. The van der Waals surface area contributed by atoms with Gasteiger partial charge in [-0.15, -0.1) is 0 Å². The lowest BCUT2D eigenvalue weighted by Gasteiger charge is -2.23. The normalized spacial score (nSPS) is 21.3. The molecule has 0 saturated carbocycles. The molecule has 0 aliphatic carbocycles. The van der Waals surface area contributed by atoms with Crippen molar-refractivity contribution in [3.63, 3.8) is 0 Å². The first kappa shape index (κ1) is 12.3. The van der Waals surface area contributed by atoms with Crippen LogP contribution < -0.4 is 0 Å². The maximum atomic E-state index is 8.78. The molecule has 0 spiro atoms. The van der Waals surface area contributed by atoms with Crippen molar-refractivity contribution in [2.45, 2.75) is 45.0 Å². The smallest absolute Gasteiger partial charge is 0.219 e. The molecule has 15 heavy (non-hydrogen) atoms. The molecule has 1 unspecified atom stereocenters. The fraction of sp³-hybridized carbons (Fsp3) is 0.667. The Morgan fingerprint density at radius 1 is 1.40 bits per heavy atom. The lowest BCUT2D eigenvalue weighted by atomic mass is 10.1. The minimum Gasteiger partial charge on any atom is -0.469 e. The van der Waals surface area contributed by atoms with Gasteiger partial charge < -0.3 is 14.6 Å². The summed E-state index contributed by atoms with van der Waals surface area (Å²) in [4.78, 5) is 0. The van der Waals surface area contributed by atoms with Crippen LogP contribution in [-0.4, -0.2) is 24.1 Å². The topological polar surface area (TPSA) is 38.7 Å². The van der Waals surface area contributed by atoms with Crippen LogP contribution in [0.1, 0.15) is 32.6 Å². The van der Waals surface area contributed by atoms with Crippen molar-refractivity contribution >= 4 is 0 Å². The Balaban J connectivity index is 2.29. The SMILES string of the molecule is CCCC(CCCO)O[C@@H]1C=CC=CO1. The van der Waals surface area contributed by atoms with Crippen LogP contribution in [0.5, 0.6) is 0 Å². The Hall–Kier alpha value is -0.800. The molecule has 3 heteroatoms. The number of rotatable bonds is 7. The fourth-order valence-corrected chi connectivity index (χ4v) is 1.56. The zero-order valence-electron chi connectivity index (χ0n) is 9.26. The van der Waals surface area contributed by atoms with Gasteiger partial charge in [-0.3, -0.25) is 0 Å². The predicted molar refractivity (Wildman–Crippen MR) is 59.3 cm³/mol. The highest BCUT2D eigenvalue weighted by Gasteiger charge is 2.14. The van der Waals surface area contributed by atoms with Gasteiger partial charge in [0, 0.05) is 6.61 Å². The number of hydrogen-bond acceptors (Lipinski definition) is 3. The molecule has 86 valence electrons. The van der Waals surface area contributed by atoms with Gasteiger partial charge in [-0.2, -0.15) is 0 Å². The first-order chi connectivity index (χ1) is 7.36. The van der Waals surface area contributed by atoms with E-state index in [1.165, 1.54) is 0 Å². The first-order valence-electron chi connectivity index (χ1n) is 5.62. The van der Waals surface area contributed by atoms with E-state index < -0.39 is 0 Å². The van der Waals surface area contributed by atoms with E-state index in [1.807, 2.05) is 18.2 Å². The van der Waals surface area contributed by atoms with Crippen LogP contribution in [0.25, 0.3) is 0 Å². The molecule has 1 rings (SSSR count). The summed E-state index contributed by atoms with van der Waals surface area (Å²) in [5.74, 6) is 0. The first-order valence-corrected chi connectivity index (χ1v) is 5.62. The molecule has 0 radical (unpaired) electrons. The van der Waals surface area contributed by atoms with Crippen molar-refractivity contribution in [1.29, 1.82) is 0 Å². The molecule has 0 bridgehead atoms. The van der Waals surface area contributed by atoms with Gasteiger partial charge in [0.05, 0.1) is 12.4 Å². The molecule has 1 aliphatic rings. The monoisotopic (exact) mass is 212 g/mol. The third-order valence-corrected chi connectivity index (χ3v) is 2.29. The molecule has 1 heterocycles. The van der Waals surface area contributed by atoms with Crippen molar-refractivity contribution in [1.82, 2.24) is 0 Å². The van der Waals surface area contributed by atoms with Crippen LogP contribution in [0, 0.1) is 0 Å². The molecule has 0 aromatic rings. The zero-order valence-corrected chi connectivity index (χ0v) is 9.26. The minimum absolute atomic E-state index is 0.184. The molecular weight excluding hydrogens is 192 g/mol. The van der Waals surface area contributed by atoms with Crippen molar-refractivity contribution < 1.29 is 14.6 Å². The second-order valence-corrected chi connectivity index (χ2v) is 3.63. The summed E-state index contributed by atoms with van der Waals surface area (Å²) in [6.45, 7) is 2.36. The Morgan fingerprint density at radius 2 is 2.27 bits per heavy atom. The van der Waals surface area contributed by atoms with Gasteiger partial charge in [0.2, 0.25) is 6.29 Å². The van der Waals surface area contributed by atoms with Crippen molar-refractivity contribution in [3.05, 3.63) is 24.5 Å². The number of allylic oxidation sites excluding steroid dienone is 2. The number of hydrogen-bond donors (Lipinski definition) is 1. The third kappa shape index (κ3) is 5.00. The van der Waals surface area contributed by atoms with Crippen molar-refractivity contribution in [2.75, 3.05) is 6.61 Å². The van der Waals surface area contributed by atoms with Crippen LogP contribution in [0.2, 0.25) is 0 Å². The van der Waals surface area contributed by atoms with Crippen molar-refractivity contribution in [3.8, 4) is 0 Å². The predicted octanol–water partition coefficient (Wildman–Crippen LogP) is 2.37. The molecule has 0 fully saturated rings. The van der Waals surface area contributed by atoms with Gasteiger partial charge in [-0.25, -0.2) is 0 Å². The molecule has 1 N–H and O–H groups in total. The second kappa shape index (κ2) is 7.49. The van der Waals surface area contributed by atoms with Gasteiger partial charge in [-0.05, 0) is 31.4 Å². The highest BCUT2D eigenvalue weighted by molar-refractivity contribution is 5.05. The number of aliphatic hydroxyl groups is 1. The van der Waals surface area contributed by atoms with Crippen LogP contribution in [0.3, 0.4) is 0 Å². The average molecular weight is 212 g/mol. The summed E-state index contributed by atoms with van der Waals surface area (Å²) in [6.07, 6.45) is 11.0. The van der Waals surface area contributed by atoms with E-state index in [4.69, 9.17) is 14.6 Å². The molecule has 0 aromatic heterocycles. The van der Waals surface area contributed by atoms with Crippen molar-refractivity contribution in [2.24, 2.45) is 0 Å². The summed E-state index contributed by atoms with van der Waals surface area (Å²) in [5.41, 5.74) is 0. The van der Waals surface area contributed by atoms with Crippen LogP contribution in [0.4, 0.5) is 0 Å². The van der Waals surface area contributed by atoms with E-state index in [0.29, 0.717) is 0 Å². The molecule has 2 atom stereocenters. The molecule has 0 saturated heterocycles. The van der Waals surface area contributed by atoms with Gasteiger partial charge in [0.1, 0.15) is 0 Å². The minimum atomic E-state index is -0.259. The zero-order chi connectivity index (χ0) is 10.9. The largest absolute Gasteiger partial charge is 0.469 e. The van der Waals surface area contributed by atoms with Gasteiger partial charge in [0.25, 0.3) is 0 Å². The molecule has 0 amide bonds. The molecule has 3 nitrogen and oxygen atoms in total. The van der Waals surface area contributed by atoms with E-state index in [1.54, 1.807) is 6.26 Å². The maximum Gasteiger partial charge on any atom is 0.219 e. The average Bonchev–Trinajstić information content (AvgIpc) is 2.28. The number of aliphatic hydroxyl groups excluding tert-OH is 1. The third-order valence-electron chi connectivity index (χ3n) is 2.29. The standard InChI is InChI=1S/C12H20O3/c1-2-6-11(7-5-9-13)15-12-8-3-4-10-14-12/h3-4,8,10-13H,2,5-7,9H2,1H3/t11?,12-/m1/s1. The van der Waals surface area contributed by atoms with Crippen LogP contribution in [0.15, 0.2) is 24.5 Å². The van der Waals surface area contributed by atoms with Gasteiger partial charge in [-0.1, -0.05) is 19.4 Å². The fourth-order valence-electron chi connectivity index (χ4n) is 1.56. The highest BCUT2D eigenvalue weighted by atomic mass is 16.7. The number of ether oxygens (including phenoxy) is 2. The molecule has 1 aliphatic heterocycles. The Bertz CT molecular complexity index is 211. The summed E-state index contributed by atoms with van der Waals surface area (Å²) in [7, 11) is 0. The lowest BCUT2D eigenvalue weighted by Crippen LogP contribution is -2.23. The summed E-state index contributed by atoms with van der Waals surface area (Å²) in [6, 6.07) is 0. The molecular formula is C12H20O3. The van der Waals surface area contributed by atoms with E-state index in [0.717, 1.165) is 25.7 Å². The van der Waals surface area contributed by atoms with Crippen LogP contribution in [-0.2, 0) is 9.47 Å². The lowest BCUT2D eigenvalue weighted by molar-refractivity contribution is -0.117. The van der Waals surface area contributed by atoms with Gasteiger partial charge >= 0.3 is 0 Å². The Morgan fingerprint density at radius 3 is 2.87 bits per heavy atom. The highest BCUT2D eigenvalue weighted by Crippen LogP contribution is 2.15. The second-order valence-electron chi connectivity index (χ2n) is 3.63. The summed E-state index contributed by atoms with van der Waals surface area (Å²) >= 11 is 0. The van der Waals surface area contributed by atoms with E-state index in [9.17, 15) is 0 Å². The quantitative estimate of drug-likeness (QED) is 0.704. The summed E-state index contributed by atoms with van der Waals surface area (Å²) < 4.78 is 11.0. The van der Waals surface area contributed by atoms with E-state index in [2.05, 4.69) is 6.92 Å². The van der Waals surface area contributed by atoms with E-state index >= 15 is 0 Å². The van der Waals surface area contributed by atoms with Crippen LogP contribution >= 0.6 is 0 Å². The van der Waals surface area contributed by atoms with Gasteiger partial charge in [0.15, 0.2) is 0 Å².